The molecule has 1 atom stereocenters. The summed E-state index contributed by atoms with van der Waals surface area (Å²) in [4.78, 5) is 28.1. The average Bonchev–Trinajstić information content (AvgIpc) is 3.22. The number of nitrogens with zero attached hydrogens (tertiary/aromatic N) is 2. The summed E-state index contributed by atoms with van der Waals surface area (Å²) in [6, 6.07) is 10.9. The van der Waals surface area contributed by atoms with Crippen LogP contribution in [-0.4, -0.2) is 63.1 Å². The summed E-state index contributed by atoms with van der Waals surface area (Å²) in [7, 11) is 6.85. The number of methoxy groups -OCH3 is 2. The number of hydrogen-bond acceptors (Lipinski definition) is 6. The quantitative estimate of drug-likeness (QED) is 0.628. The molecule has 0 aliphatic carbocycles. The Morgan fingerprint density at radius 3 is 2.33 bits per heavy atom. The minimum Gasteiger partial charge on any atom is -0.497 e. The maximum atomic E-state index is 12.8. The van der Waals surface area contributed by atoms with Crippen LogP contribution < -0.4 is 4.74 Å². The lowest BCUT2D eigenvalue weighted by Crippen LogP contribution is -2.40. The molecule has 0 N–H and O–H groups in total. The van der Waals surface area contributed by atoms with Gasteiger partial charge in [-0.2, -0.15) is 0 Å². The van der Waals surface area contributed by atoms with Crippen molar-refractivity contribution in [2.45, 2.75) is 12.5 Å². The van der Waals surface area contributed by atoms with Gasteiger partial charge in [0.1, 0.15) is 5.75 Å². The molecular formula is C20H26N2O5. The number of carbonyl (C=O) groups is 2. The largest absolute Gasteiger partial charge is 0.497 e. The highest BCUT2D eigenvalue weighted by atomic mass is 16.5. The molecule has 2 rings (SSSR count). The van der Waals surface area contributed by atoms with Gasteiger partial charge >= 0.3 is 5.97 Å². The zero-order valence-corrected chi connectivity index (χ0v) is 16.2. The number of carbonyl (C=O) groups excluding carboxylic acids is 2. The van der Waals surface area contributed by atoms with Crippen molar-refractivity contribution in [3.63, 3.8) is 0 Å². The first-order valence-electron chi connectivity index (χ1n) is 8.66. The van der Waals surface area contributed by atoms with Crippen molar-refractivity contribution in [3.05, 3.63) is 54.0 Å². The van der Waals surface area contributed by atoms with Gasteiger partial charge in [-0.05, 0) is 43.9 Å². The molecule has 0 aliphatic heterocycles. The van der Waals surface area contributed by atoms with Gasteiger partial charge in [0.15, 0.2) is 5.76 Å². The van der Waals surface area contributed by atoms with Crippen LogP contribution in [0.5, 0.6) is 5.75 Å². The van der Waals surface area contributed by atoms with Gasteiger partial charge in [0.25, 0.3) is 5.91 Å². The van der Waals surface area contributed by atoms with Crippen LogP contribution in [0.15, 0.2) is 47.1 Å². The Labute approximate surface area is 159 Å². The van der Waals surface area contributed by atoms with Crippen LogP contribution in [0.1, 0.15) is 28.6 Å². The topological polar surface area (TPSA) is 72.2 Å². The Morgan fingerprint density at radius 1 is 1.11 bits per heavy atom. The van der Waals surface area contributed by atoms with Gasteiger partial charge < -0.3 is 23.7 Å². The maximum absolute atomic E-state index is 12.8. The van der Waals surface area contributed by atoms with Gasteiger partial charge in [-0.1, -0.05) is 12.1 Å². The van der Waals surface area contributed by atoms with E-state index in [1.165, 1.54) is 13.4 Å². The predicted molar refractivity (Wildman–Crippen MR) is 101 cm³/mol. The Morgan fingerprint density at radius 2 is 1.81 bits per heavy atom. The molecule has 0 saturated heterocycles. The second-order valence-electron chi connectivity index (χ2n) is 6.31. The van der Waals surface area contributed by atoms with Crippen LogP contribution in [0.3, 0.4) is 0 Å². The molecule has 27 heavy (non-hydrogen) atoms. The fraction of sp³-hybridized carbons (Fsp3) is 0.400. The number of rotatable bonds is 9. The Bertz CT molecular complexity index is 725. The normalized spacial score (nSPS) is 11.9. The minimum absolute atomic E-state index is 0.0625. The van der Waals surface area contributed by atoms with Crippen LogP contribution in [0.25, 0.3) is 0 Å². The van der Waals surface area contributed by atoms with Crippen LogP contribution in [-0.2, 0) is 9.53 Å². The highest BCUT2D eigenvalue weighted by molar-refractivity contribution is 5.91. The van der Waals surface area contributed by atoms with E-state index >= 15 is 0 Å². The van der Waals surface area contributed by atoms with E-state index in [0.717, 1.165) is 11.3 Å². The van der Waals surface area contributed by atoms with Gasteiger partial charge in [-0.3, -0.25) is 9.59 Å². The molecule has 0 fully saturated rings. The van der Waals surface area contributed by atoms with Crippen molar-refractivity contribution in [3.8, 4) is 5.75 Å². The molecule has 0 radical (unpaired) electrons. The highest BCUT2D eigenvalue weighted by Gasteiger charge is 2.25. The average molecular weight is 374 g/mol. The van der Waals surface area contributed by atoms with Crippen LogP contribution in [0, 0.1) is 0 Å². The van der Waals surface area contributed by atoms with E-state index in [-0.39, 0.29) is 36.6 Å². The zero-order valence-electron chi connectivity index (χ0n) is 16.2. The highest BCUT2D eigenvalue weighted by Crippen LogP contribution is 2.23. The third-order valence-corrected chi connectivity index (χ3v) is 4.35. The fourth-order valence-corrected chi connectivity index (χ4v) is 2.76. The number of furan rings is 1. The molecule has 0 bridgehead atoms. The molecule has 146 valence electrons. The van der Waals surface area contributed by atoms with Crippen molar-refractivity contribution in [1.82, 2.24) is 9.80 Å². The lowest BCUT2D eigenvalue weighted by molar-refractivity contribution is -0.140. The molecule has 1 aromatic carbocycles. The summed E-state index contributed by atoms with van der Waals surface area (Å²) in [5.41, 5.74) is 1.04. The maximum Gasteiger partial charge on any atom is 0.307 e. The fourth-order valence-electron chi connectivity index (χ4n) is 2.76. The molecule has 7 nitrogen and oxygen atoms in total. The van der Waals surface area contributed by atoms with Gasteiger partial charge in [0.05, 0.1) is 32.9 Å². The second kappa shape index (κ2) is 9.78. The van der Waals surface area contributed by atoms with E-state index in [2.05, 4.69) is 0 Å². The van der Waals surface area contributed by atoms with Crippen LogP contribution in [0.4, 0.5) is 0 Å². The first kappa shape index (κ1) is 20.5. The zero-order chi connectivity index (χ0) is 19.8. The SMILES string of the molecule is COC(=O)CCN(CC(c1ccc(OC)cc1)N(C)C)C(=O)c1ccco1. The summed E-state index contributed by atoms with van der Waals surface area (Å²) in [5.74, 6) is 0.389. The Kier molecular flexibility index (Phi) is 7.43. The Balaban J connectivity index is 2.22. The summed E-state index contributed by atoms with van der Waals surface area (Å²) < 4.78 is 15.2. The van der Waals surface area contributed by atoms with Crippen molar-refractivity contribution < 1.29 is 23.5 Å². The number of ether oxygens (including phenoxy) is 2. The molecular weight excluding hydrogens is 348 g/mol. The van der Waals surface area contributed by atoms with E-state index in [9.17, 15) is 9.59 Å². The van der Waals surface area contributed by atoms with Crippen molar-refractivity contribution >= 4 is 11.9 Å². The summed E-state index contributed by atoms with van der Waals surface area (Å²) >= 11 is 0. The molecule has 7 heteroatoms. The van der Waals surface area contributed by atoms with E-state index in [1.807, 2.05) is 43.3 Å². The van der Waals surface area contributed by atoms with Crippen molar-refractivity contribution in [2.75, 3.05) is 41.4 Å². The standard InChI is InChI=1S/C20H26N2O5/c1-21(2)17(15-7-9-16(25-3)10-8-15)14-22(12-11-19(23)26-4)20(24)18-6-5-13-27-18/h5-10,13,17H,11-12,14H2,1-4H3. The molecule has 1 unspecified atom stereocenters. The summed E-state index contributed by atoms with van der Waals surface area (Å²) in [6.45, 7) is 0.641. The lowest BCUT2D eigenvalue weighted by Gasteiger charge is -2.31. The van der Waals surface area contributed by atoms with Gasteiger partial charge in [-0.25, -0.2) is 0 Å². The molecule has 0 aliphatic rings. The predicted octanol–water partition coefficient (Wildman–Crippen LogP) is 2.60. The number of esters is 1. The number of hydrogen-bond donors (Lipinski definition) is 0. The number of amides is 1. The minimum atomic E-state index is -0.363. The van der Waals surface area contributed by atoms with Gasteiger partial charge in [0.2, 0.25) is 0 Å². The summed E-state index contributed by atoms with van der Waals surface area (Å²) in [5, 5.41) is 0. The first-order chi connectivity index (χ1) is 13.0. The number of likely N-dealkylation sites (N-methyl/N-ethyl adjacent to an activating group) is 1. The summed E-state index contributed by atoms with van der Waals surface area (Å²) in [6.07, 6.45) is 1.57. The smallest absolute Gasteiger partial charge is 0.307 e. The van der Waals surface area contributed by atoms with Gasteiger partial charge in [0, 0.05) is 13.1 Å². The van der Waals surface area contributed by atoms with Crippen molar-refractivity contribution in [1.29, 1.82) is 0 Å². The number of benzene rings is 1. The molecule has 0 saturated carbocycles. The van der Waals surface area contributed by atoms with E-state index in [0.29, 0.717) is 6.54 Å². The second-order valence-corrected chi connectivity index (χ2v) is 6.31. The van der Waals surface area contributed by atoms with E-state index in [1.54, 1.807) is 24.1 Å². The third-order valence-electron chi connectivity index (χ3n) is 4.35. The first-order valence-corrected chi connectivity index (χ1v) is 8.66. The van der Waals surface area contributed by atoms with Gasteiger partial charge in [-0.15, -0.1) is 0 Å². The molecule has 1 aromatic heterocycles. The lowest BCUT2D eigenvalue weighted by atomic mass is 10.0. The Hall–Kier alpha value is -2.80. The monoisotopic (exact) mass is 374 g/mol. The van der Waals surface area contributed by atoms with Crippen LogP contribution >= 0.6 is 0 Å². The van der Waals surface area contributed by atoms with E-state index < -0.39 is 0 Å². The van der Waals surface area contributed by atoms with Crippen molar-refractivity contribution in [2.24, 2.45) is 0 Å². The van der Waals surface area contributed by atoms with E-state index in [4.69, 9.17) is 13.9 Å². The molecule has 1 heterocycles. The van der Waals surface area contributed by atoms with Crippen LogP contribution in [0.2, 0.25) is 0 Å². The molecule has 0 spiro atoms. The molecule has 1 amide bonds. The molecule has 2 aromatic rings. The third kappa shape index (κ3) is 5.59.